The highest BCUT2D eigenvalue weighted by Crippen LogP contribution is 2.39. The van der Waals surface area contributed by atoms with E-state index in [0.717, 1.165) is 0 Å². The number of fused-ring (bicyclic) bond motifs is 1. The number of methoxy groups -OCH3 is 1. The molecule has 0 spiro atoms. The van der Waals surface area contributed by atoms with Gasteiger partial charge in [-0.05, 0) is 44.0 Å². The Hall–Kier alpha value is -2.45. The Labute approximate surface area is 188 Å². The first-order valence-electron chi connectivity index (χ1n) is 9.90. The number of amides is 1. The standard InChI is InChI=1S/C22H27ClN2O5S/c1-14(2)12-25-18-8-6-15(10-19(18)30-13-22(3,4)21(25)26)24-31(27,28)20-9-7-16(29-5)11-17(20)23/h6-11,14,24H,12-13H2,1-5H3. The molecule has 0 unspecified atom stereocenters. The van der Waals surface area contributed by atoms with Crippen molar-refractivity contribution in [1.82, 2.24) is 0 Å². The molecule has 2 aromatic carbocycles. The lowest BCUT2D eigenvalue weighted by atomic mass is 9.92. The minimum absolute atomic E-state index is 0.0294. The minimum Gasteiger partial charge on any atom is -0.497 e. The summed E-state index contributed by atoms with van der Waals surface area (Å²) in [5.74, 6) is 1.12. The molecule has 0 atom stereocenters. The maximum atomic E-state index is 13.1. The van der Waals surface area contributed by atoms with Gasteiger partial charge in [-0.3, -0.25) is 9.52 Å². The van der Waals surface area contributed by atoms with Crippen LogP contribution in [0, 0.1) is 11.3 Å². The van der Waals surface area contributed by atoms with Crippen LogP contribution < -0.4 is 19.1 Å². The van der Waals surface area contributed by atoms with Gasteiger partial charge < -0.3 is 14.4 Å². The van der Waals surface area contributed by atoms with Gasteiger partial charge in [-0.15, -0.1) is 0 Å². The van der Waals surface area contributed by atoms with E-state index in [2.05, 4.69) is 4.72 Å². The van der Waals surface area contributed by atoms with Crippen molar-refractivity contribution in [2.75, 3.05) is 29.9 Å². The fourth-order valence-corrected chi connectivity index (χ4v) is 4.88. The number of carbonyl (C=O) groups is 1. The third-order valence-electron chi connectivity index (χ3n) is 4.89. The normalized spacial score (nSPS) is 15.8. The Kier molecular flexibility index (Phi) is 6.43. The van der Waals surface area contributed by atoms with Crippen LogP contribution in [-0.2, 0) is 14.8 Å². The second kappa shape index (κ2) is 8.59. The van der Waals surface area contributed by atoms with Crippen LogP contribution in [0.4, 0.5) is 11.4 Å². The Balaban J connectivity index is 1.96. The van der Waals surface area contributed by atoms with E-state index in [1.54, 1.807) is 23.1 Å². The van der Waals surface area contributed by atoms with Gasteiger partial charge in [0.05, 0.1) is 28.9 Å². The van der Waals surface area contributed by atoms with Gasteiger partial charge in [-0.1, -0.05) is 25.4 Å². The summed E-state index contributed by atoms with van der Waals surface area (Å²) in [5, 5.41) is 0.0494. The SMILES string of the molecule is COc1ccc(S(=O)(=O)Nc2ccc3c(c2)OCC(C)(C)C(=O)N3CC(C)C)c(Cl)c1. The van der Waals surface area contributed by atoms with Gasteiger partial charge in [0.1, 0.15) is 23.0 Å². The number of halogens is 1. The van der Waals surface area contributed by atoms with Crippen LogP contribution in [0.3, 0.4) is 0 Å². The third kappa shape index (κ3) is 4.91. The molecule has 0 aliphatic carbocycles. The Bertz CT molecular complexity index is 1100. The van der Waals surface area contributed by atoms with Crippen LogP contribution in [-0.4, -0.2) is 34.6 Å². The van der Waals surface area contributed by atoms with Gasteiger partial charge in [0, 0.05) is 18.7 Å². The summed E-state index contributed by atoms with van der Waals surface area (Å²) in [7, 11) is -2.47. The topological polar surface area (TPSA) is 84.9 Å². The number of hydrogen-bond donors (Lipinski definition) is 1. The van der Waals surface area contributed by atoms with Crippen molar-refractivity contribution in [2.24, 2.45) is 11.3 Å². The van der Waals surface area contributed by atoms with Crippen LogP contribution in [0.15, 0.2) is 41.3 Å². The van der Waals surface area contributed by atoms with Gasteiger partial charge in [-0.25, -0.2) is 8.42 Å². The molecule has 0 bridgehead atoms. The number of hydrogen-bond acceptors (Lipinski definition) is 5. The van der Waals surface area contributed by atoms with Gasteiger partial charge >= 0.3 is 0 Å². The zero-order valence-corrected chi connectivity index (χ0v) is 19.8. The molecule has 168 valence electrons. The number of nitrogens with zero attached hydrogens (tertiary/aromatic N) is 1. The molecule has 1 aliphatic heterocycles. The van der Waals surface area contributed by atoms with Crippen molar-refractivity contribution >= 4 is 38.9 Å². The highest BCUT2D eigenvalue weighted by molar-refractivity contribution is 7.92. The van der Waals surface area contributed by atoms with Gasteiger partial charge in [0.2, 0.25) is 5.91 Å². The molecular formula is C22H27ClN2O5S. The van der Waals surface area contributed by atoms with E-state index in [1.165, 1.54) is 25.3 Å². The average molecular weight is 467 g/mol. The molecule has 1 aliphatic rings. The molecule has 7 nitrogen and oxygen atoms in total. The number of benzene rings is 2. The maximum absolute atomic E-state index is 13.1. The predicted octanol–water partition coefficient (Wildman–Crippen LogP) is 4.56. The molecule has 1 heterocycles. The number of carbonyl (C=O) groups excluding carboxylic acids is 1. The lowest BCUT2D eigenvalue weighted by Gasteiger charge is -2.29. The molecule has 1 amide bonds. The lowest BCUT2D eigenvalue weighted by molar-refractivity contribution is -0.127. The van der Waals surface area contributed by atoms with Crippen molar-refractivity contribution in [3.63, 3.8) is 0 Å². The van der Waals surface area contributed by atoms with Gasteiger partial charge in [0.15, 0.2) is 0 Å². The van der Waals surface area contributed by atoms with Crippen molar-refractivity contribution in [3.8, 4) is 11.5 Å². The lowest BCUT2D eigenvalue weighted by Crippen LogP contribution is -2.43. The Morgan fingerprint density at radius 1 is 1.23 bits per heavy atom. The summed E-state index contributed by atoms with van der Waals surface area (Å²) >= 11 is 6.14. The van der Waals surface area contributed by atoms with E-state index in [1.807, 2.05) is 27.7 Å². The molecule has 2 aromatic rings. The Morgan fingerprint density at radius 3 is 2.55 bits per heavy atom. The van der Waals surface area contributed by atoms with Crippen molar-refractivity contribution in [2.45, 2.75) is 32.6 Å². The van der Waals surface area contributed by atoms with Crippen LogP contribution in [0.25, 0.3) is 0 Å². The number of nitrogens with one attached hydrogen (secondary N) is 1. The quantitative estimate of drug-likeness (QED) is 0.674. The largest absolute Gasteiger partial charge is 0.497 e. The van der Waals surface area contributed by atoms with Gasteiger partial charge in [0.25, 0.3) is 10.0 Å². The number of ether oxygens (including phenoxy) is 2. The zero-order chi connectivity index (χ0) is 23.0. The average Bonchev–Trinajstić information content (AvgIpc) is 2.77. The number of sulfonamides is 1. The molecule has 0 fully saturated rings. The van der Waals surface area contributed by atoms with E-state index in [9.17, 15) is 13.2 Å². The summed E-state index contributed by atoms with van der Waals surface area (Å²) in [4.78, 5) is 14.7. The summed E-state index contributed by atoms with van der Waals surface area (Å²) in [6.45, 7) is 8.46. The van der Waals surface area contributed by atoms with E-state index in [-0.39, 0.29) is 28.4 Å². The molecule has 3 rings (SSSR count). The van der Waals surface area contributed by atoms with Crippen LogP contribution in [0.1, 0.15) is 27.7 Å². The molecule has 0 aromatic heterocycles. The second-order valence-electron chi connectivity index (χ2n) is 8.57. The van der Waals surface area contributed by atoms with E-state index in [4.69, 9.17) is 21.1 Å². The third-order valence-corrected chi connectivity index (χ3v) is 6.76. The van der Waals surface area contributed by atoms with E-state index < -0.39 is 15.4 Å². The molecular weight excluding hydrogens is 440 g/mol. The first-order chi connectivity index (χ1) is 14.4. The molecule has 0 saturated carbocycles. The molecule has 9 heteroatoms. The fraction of sp³-hybridized carbons (Fsp3) is 0.409. The molecule has 0 saturated heterocycles. The van der Waals surface area contributed by atoms with Crippen molar-refractivity contribution in [3.05, 3.63) is 41.4 Å². The maximum Gasteiger partial charge on any atom is 0.263 e. The first kappa shape index (κ1) is 23.2. The fourth-order valence-electron chi connectivity index (χ4n) is 3.29. The summed E-state index contributed by atoms with van der Waals surface area (Å²) < 4.78 is 39.3. The minimum atomic E-state index is -3.94. The second-order valence-corrected chi connectivity index (χ2v) is 10.6. The number of rotatable bonds is 6. The van der Waals surface area contributed by atoms with E-state index >= 15 is 0 Å². The summed E-state index contributed by atoms with van der Waals surface area (Å²) in [5.41, 5.74) is 0.224. The predicted molar refractivity (Wildman–Crippen MR) is 122 cm³/mol. The van der Waals surface area contributed by atoms with Crippen molar-refractivity contribution in [1.29, 1.82) is 0 Å². The zero-order valence-electron chi connectivity index (χ0n) is 18.2. The van der Waals surface area contributed by atoms with Crippen molar-refractivity contribution < 1.29 is 22.7 Å². The smallest absolute Gasteiger partial charge is 0.263 e. The van der Waals surface area contributed by atoms with Gasteiger partial charge in [-0.2, -0.15) is 0 Å². The molecule has 0 radical (unpaired) electrons. The van der Waals surface area contributed by atoms with Crippen LogP contribution in [0.2, 0.25) is 5.02 Å². The monoisotopic (exact) mass is 466 g/mol. The van der Waals surface area contributed by atoms with Crippen LogP contribution in [0.5, 0.6) is 11.5 Å². The number of anilines is 2. The van der Waals surface area contributed by atoms with E-state index in [0.29, 0.717) is 29.4 Å². The molecule has 1 N–H and O–H groups in total. The highest BCUT2D eigenvalue weighted by Gasteiger charge is 2.38. The first-order valence-corrected chi connectivity index (χ1v) is 11.8. The summed E-state index contributed by atoms with van der Waals surface area (Å²) in [6.07, 6.45) is 0. The highest BCUT2D eigenvalue weighted by atomic mass is 35.5. The van der Waals surface area contributed by atoms with Crippen LogP contribution >= 0.6 is 11.6 Å². The molecule has 31 heavy (non-hydrogen) atoms. The summed E-state index contributed by atoms with van der Waals surface area (Å²) in [6, 6.07) is 9.24. The Morgan fingerprint density at radius 2 is 1.94 bits per heavy atom.